The summed E-state index contributed by atoms with van der Waals surface area (Å²) in [6.45, 7) is 3.46. The normalized spacial score (nSPS) is 17.3. The van der Waals surface area contributed by atoms with Crippen molar-refractivity contribution in [2.24, 2.45) is 0 Å². The predicted octanol–water partition coefficient (Wildman–Crippen LogP) is 2.09. The third-order valence-electron chi connectivity index (χ3n) is 2.58. The standard InChI is InChI=1S/C14H16O4/c1-5-6-7-8-10-9(2)11(15)13(17-3)14(18-4)12(10)16/h5-8H,1-4H3. The SMILES string of the molecule is CC=CC=CC1=C(C)C(=O)C(OC)=C(OC)C1=O. The van der Waals surface area contributed by atoms with E-state index in [1.54, 1.807) is 25.2 Å². The molecule has 1 aliphatic carbocycles. The maximum atomic E-state index is 12.1. The van der Waals surface area contributed by atoms with Gasteiger partial charge in [-0.15, -0.1) is 0 Å². The molecule has 0 atom stereocenters. The lowest BCUT2D eigenvalue weighted by atomic mass is 9.93. The Bertz CT molecular complexity index is 490. The van der Waals surface area contributed by atoms with Crippen LogP contribution in [0.2, 0.25) is 0 Å². The fourth-order valence-electron chi connectivity index (χ4n) is 1.63. The van der Waals surface area contributed by atoms with E-state index >= 15 is 0 Å². The fourth-order valence-corrected chi connectivity index (χ4v) is 1.63. The molecule has 0 bridgehead atoms. The number of methoxy groups -OCH3 is 2. The Labute approximate surface area is 106 Å². The number of carbonyl (C=O) groups excluding carboxylic acids is 2. The topological polar surface area (TPSA) is 52.6 Å². The van der Waals surface area contributed by atoms with E-state index in [-0.39, 0.29) is 23.1 Å². The summed E-state index contributed by atoms with van der Waals surface area (Å²) >= 11 is 0. The summed E-state index contributed by atoms with van der Waals surface area (Å²) in [6, 6.07) is 0. The molecule has 0 aromatic rings. The zero-order chi connectivity index (χ0) is 13.7. The molecule has 0 N–H and O–H groups in total. The first-order valence-corrected chi connectivity index (χ1v) is 5.50. The Morgan fingerprint density at radius 1 is 0.944 bits per heavy atom. The molecular formula is C14H16O4. The minimum absolute atomic E-state index is 0.0387. The summed E-state index contributed by atoms with van der Waals surface area (Å²) in [7, 11) is 2.68. The van der Waals surface area contributed by atoms with Crippen LogP contribution >= 0.6 is 0 Å². The van der Waals surface area contributed by atoms with Gasteiger partial charge in [0.2, 0.25) is 23.1 Å². The van der Waals surface area contributed by atoms with Crippen molar-refractivity contribution in [2.75, 3.05) is 14.2 Å². The molecule has 96 valence electrons. The van der Waals surface area contributed by atoms with Gasteiger partial charge in [0.25, 0.3) is 0 Å². The summed E-state index contributed by atoms with van der Waals surface area (Å²) in [5, 5.41) is 0. The second kappa shape index (κ2) is 6.00. The number of hydrogen-bond donors (Lipinski definition) is 0. The minimum atomic E-state index is -0.341. The number of ether oxygens (including phenoxy) is 2. The van der Waals surface area contributed by atoms with Gasteiger partial charge in [-0.2, -0.15) is 0 Å². The second-order valence-corrected chi connectivity index (χ2v) is 3.65. The lowest BCUT2D eigenvalue weighted by molar-refractivity contribution is -0.120. The first-order chi connectivity index (χ1) is 8.58. The van der Waals surface area contributed by atoms with Gasteiger partial charge in [0.1, 0.15) is 0 Å². The predicted molar refractivity (Wildman–Crippen MR) is 67.7 cm³/mol. The van der Waals surface area contributed by atoms with E-state index in [1.807, 2.05) is 13.0 Å². The van der Waals surface area contributed by atoms with E-state index < -0.39 is 0 Å². The van der Waals surface area contributed by atoms with Crippen molar-refractivity contribution in [1.82, 2.24) is 0 Å². The van der Waals surface area contributed by atoms with Crippen molar-refractivity contribution < 1.29 is 19.1 Å². The highest BCUT2D eigenvalue weighted by molar-refractivity contribution is 6.24. The van der Waals surface area contributed by atoms with Gasteiger partial charge in [-0.1, -0.05) is 24.3 Å². The Hall–Kier alpha value is -2.10. The van der Waals surface area contributed by atoms with Gasteiger partial charge in [-0.05, 0) is 13.8 Å². The van der Waals surface area contributed by atoms with Gasteiger partial charge in [0.05, 0.1) is 14.2 Å². The Morgan fingerprint density at radius 3 is 2.00 bits per heavy atom. The third kappa shape index (κ3) is 2.42. The summed E-state index contributed by atoms with van der Waals surface area (Å²) in [4.78, 5) is 24.1. The molecule has 0 amide bonds. The summed E-state index contributed by atoms with van der Waals surface area (Å²) in [5.74, 6) is -0.752. The van der Waals surface area contributed by atoms with Crippen LogP contribution in [0.5, 0.6) is 0 Å². The lowest BCUT2D eigenvalue weighted by Crippen LogP contribution is -2.24. The molecule has 0 heterocycles. The Morgan fingerprint density at radius 2 is 1.50 bits per heavy atom. The van der Waals surface area contributed by atoms with Crippen LogP contribution in [-0.4, -0.2) is 25.8 Å². The molecule has 0 radical (unpaired) electrons. The summed E-state index contributed by atoms with van der Waals surface area (Å²) in [6.07, 6.45) is 6.91. The highest BCUT2D eigenvalue weighted by Gasteiger charge is 2.33. The molecule has 0 aromatic heterocycles. The van der Waals surface area contributed by atoms with E-state index in [0.29, 0.717) is 11.1 Å². The average molecular weight is 248 g/mol. The molecule has 1 aliphatic rings. The van der Waals surface area contributed by atoms with E-state index in [9.17, 15) is 9.59 Å². The van der Waals surface area contributed by atoms with Gasteiger partial charge < -0.3 is 9.47 Å². The molecule has 0 unspecified atom stereocenters. The number of ketones is 2. The molecule has 0 saturated carbocycles. The van der Waals surface area contributed by atoms with E-state index in [1.165, 1.54) is 14.2 Å². The first-order valence-electron chi connectivity index (χ1n) is 5.50. The average Bonchev–Trinajstić information content (AvgIpc) is 2.37. The van der Waals surface area contributed by atoms with Crippen LogP contribution in [0.1, 0.15) is 13.8 Å². The van der Waals surface area contributed by atoms with Crippen LogP contribution in [0, 0.1) is 0 Å². The molecule has 0 spiro atoms. The zero-order valence-corrected chi connectivity index (χ0v) is 10.9. The van der Waals surface area contributed by atoms with E-state index in [2.05, 4.69) is 0 Å². The fraction of sp³-hybridized carbons (Fsp3) is 0.286. The van der Waals surface area contributed by atoms with Crippen molar-refractivity contribution in [3.05, 3.63) is 47.0 Å². The monoisotopic (exact) mass is 248 g/mol. The zero-order valence-electron chi connectivity index (χ0n) is 10.9. The van der Waals surface area contributed by atoms with Gasteiger partial charge in [0.15, 0.2) is 0 Å². The van der Waals surface area contributed by atoms with E-state index in [0.717, 1.165) is 0 Å². The van der Waals surface area contributed by atoms with Crippen LogP contribution in [0.15, 0.2) is 47.0 Å². The van der Waals surface area contributed by atoms with Crippen LogP contribution in [0.4, 0.5) is 0 Å². The Kier molecular flexibility index (Phi) is 4.66. The molecule has 1 rings (SSSR count). The van der Waals surface area contributed by atoms with Crippen molar-refractivity contribution in [2.45, 2.75) is 13.8 Å². The summed E-state index contributed by atoms with van der Waals surface area (Å²) < 4.78 is 9.89. The molecular weight excluding hydrogens is 232 g/mol. The molecule has 4 nitrogen and oxygen atoms in total. The van der Waals surface area contributed by atoms with Gasteiger partial charge in [-0.25, -0.2) is 0 Å². The van der Waals surface area contributed by atoms with Gasteiger partial charge in [0, 0.05) is 11.1 Å². The minimum Gasteiger partial charge on any atom is -0.489 e. The quantitative estimate of drug-likeness (QED) is 0.564. The highest BCUT2D eigenvalue weighted by Crippen LogP contribution is 2.26. The lowest BCUT2D eigenvalue weighted by Gasteiger charge is -2.18. The van der Waals surface area contributed by atoms with Crippen molar-refractivity contribution in [3.63, 3.8) is 0 Å². The third-order valence-corrected chi connectivity index (χ3v) is 2.58. The van der Waals surface area contributed by atoms with E-state index in [4.69, 9.17) is 9.47 Å². The summed E-state index contributed by atoms with van der Waals surface area (Å²) in [5.41, 5.74) is 0.689. The molecule has 4 heteroatoms. The molecule has 0 aliphatic heterocycles. The van der Waals surface area contributed by atoms with Crippen LogP contribution in [0.3, 0.4) is 0 Å². The first kappa shape index (κ1) is 14.0. The number of hydrogen-bond acceptors (Lipinski definition) is 4. The largest absolute Gasteiger partial charge is 0.489 e. The van der Waals surface area contributed by atoms with Crippen LogP contribution in [0.25, 0.3) is 0 Å². The van der Waals surface area contributed by atoms with Crippen molar-refractivity contribution >= 4 is 11.6 Å². The second-order valence-electron chi connectivity index (χ2n) is 3.65. The molecule has 0 fully saturated rings. The number of carbonyl (C=O) groups is 2. The van der Waals surface area contributed by atoms with Crippen molar-refractivity contribution in [1.29, 1.82) is 0 Å². The van der Waals surface area contributed by atoms with Crippen LogP contribution < -0.4 is 0 Å². The maximum Gasteiger partial charge on any atom is 0.232 e. The maximum absolute atomic E-state index is 12.1. The van der Waals surface area contributed by atoms with Crippen LogP contribution in [-0.2, 0) is 19.1 Å². The number of allylic oxidation sites excluding steroid dienone is 6. The number of Topliss-reactive ketones (excluding diaryl/α,β-unsaturated/α-hetero) is 2. The molecule has 0 saturated heterocycles. The smallest absolute Gasteiger partial charge is 0.232 e. The van der Waals surface area contributed by atoms with Crippen molar-refractivity contribution in [3.8, 4) is 0 Å². The number of rotatable bonds is 4. The Balaban J connectivity index is 3.26. The van der Waals surface area contributed by atoms with Gasteiger partial charge >= 0.3 is 0 Å². The molecule has 18 heavy (non-hydrogen) atoms. The molecule has 0 aromatic carbocycles. The highest BCUT2D eigenvalue weighted by atomic mass is 16.5. The van der Waals surface area contributed by atoms with Gasteiger partial charge in [-0.3, -0.25) is 9.59 Å².